The van der Waals surface area contributed by atoms with Gasteiger partial charge in [0.05, 0.1) is 0 Å². The van der Waals surface area contributed by atoms with Crippen LogP contribution in [0, 0.1) is 0 Å². The standard InChI is InChI=1S/C18H21N3O4/c1-21-17(24)15(22)14(20-18(21)25)16(23)19-13-9-7-12(8-10-13)11-5-3-2-4-6-11/h2-6,12-13,22H,7-10H2,1H3,(H,19,23)(H,20,25)/t12-,13+. The van der Waals surface area contributed by atoms with E-state index >= 15 is 0 Å². The number of aromatic amines is 1. The van der Waals surface area contributed by atoms with Crippen molar-refractivity contribution in [2.45, 2.75) is 37.6 Å². The van der Waals surface area contributed by atoms with Crippen molar-refractivity contribution in [3.8, 4) is 5.75 Å². The third kappa shape index (κ3) is 3.50. The Balaban J connectivity index is 1.66. The predicted octanol–water partition coefficient (Wildman–Crippen LogP) is 1.24. The zero-order valence-corrected chi connectivity index (χ0v) is 14.0. The Hall–Kier alpha value is -2.83. The zero-order valence-electron chi connectivity index (χ0n) is 14.0. The van der Waals surface area contributed by atoms with Gasteiger partial charge in [-0.1, -0.05) is 30.3 Å². The minimum absolute atomic E-state index is 0.0422. The van der Waals surface area contributed by atoms with Crippen molar-refractivity contribution in [2.75, 3.05) is 0 Å². The van der Waals surface area contributed by atoms with Gasteiger partial charge in [0.15, 0.2) is 5.69 Å². The van der Waals surface area contributed by atoms with Crippen LogP contribution in [0.1, 0.15) is 47.7 Å². The summed E-state index contributed by atoms with van der Waals surface area (Å²) in [5.41, 5.74) is -0.693. The van der Waals surface area contributed by atoms with Crippen LogP contribution in [0.5, 0.6) is 5.75 Å². The van der Waals surface area contributed by atoms with Crippen molar-refractivity contribution in [1.29, 1.82) is 0 Å². The first-order chi connectivity index (χ1) is 12.0. The van der Waals surface area contributed by atoms with E-state index in [0.717, 1.165) is 30.3 Å². The van der Waals surface area contributed by atoms with Crippen LogP contribution in [0.2, 0.25) is 0 Å². The Bertz CT molecular complexity index is 877. The number of carbonyl (C=O) groups is 1. The summed E-state index contributed by atoms with van der Waals surface area (Å²) in [7, 11) is 1.23. The molecule has 0 bridgehead atoms. The number of H-pyrrole nitrogens is 1. The molecule has 1 amide bonds. The lowest BCUT2D eigenvalue weighted by molar-refractivity contribution is 0.0916. The average Bonchev–Trinajstić information content (AvgIpc) is 2.64. The molecule has 7 nitrogen and oxygen atoms in total. The van der Waals surface area contributed by atoms with Crippen LogP contribution < -0.4 is 16.6 Å². The number of amides is 1. The summed E-state index contributed by atoms with van der Waals surface area (Å²) in [6.07, 6.45) is 3.52. The van der Waals surface area contributed by atoms with Crippen LogP contribution in [0.15, 0.2) is 39.9 Å². The van der Waals surface area contributed by atoms with E-state index in [1.165, 1.54) is 12.6 Å². The van der Waals surface area contributed by atoms with Crippen molar-refractivity contribution < 1.29 is 9.90 Å². The van der Waals surface area contributed by atoms with E-state index in [2.05, 4.69) is 22.4 Å². The highest BCUT2D eigenvalue weighted by Gasteiger charge is 2.25. The van der Waals surface area contributed by atoms with E-state index in [9.17, 15) is 19.5 Å². The van der Waals surface area contributed by atoms with Gasteiger partial charge >= 0.3 is 5.69 Å². The number of nitrogens with zero attached hydrogens (tertiary/aromatic N) is 1. The largest absolute Gasteiger partial charge is 0.501 e. The van der Waals surface area contributed by atoms with Crippen LogP contribution in [0.3, 0.4) is 0 Å². The van der Waals surface area contributed by atoms with Crippen LogP contribution in [-0.4, -0.2) is 26.6 Å². The van der Waals surface area contributed by atoms with Crippen molar-refractivity contribution in [2.24, 2.45) is 7.05 Å². The molecule has 2 aromatic rings. The summed E-state index contributed by atoms with van der Waals surface area (Å²) < 4.78 is 0.719. The third-order valence-electron chi connectivity index (χ3n) is 4.84. The van der Waals surface area contributed by atoms with E-state index in [-0.39, 0.29) is 11.7 Å². The highest BCUT2D eigenvalue weighted by Crippen LogP contribution is 2.32. The van der Waals surface area contributed by atoms with E-state index in [4.69, 9.17) is 0 Å². The van der Waals surface area contributed by atoms with Gasteiger partial charge in [0.25, 0.3) is 11.5 Å². The molecule has 1 saturated carbocycles. The Morgan fingerprint density at radius 2 is 1.80 bits per heavy atom. The molecule has 1 aromatic carbocycles. The van der Waals surface area contributed by atoms with Gasteiger partial charge < -0.3 is 10.4 Å². The minimum Gasteiger partial charge on any atom is -0.501 e. The molecule has 1 aliphatic rings. The molecular weight excluding hydrogens is 322 g/mol. The fourth-order valence-electron chi connectivity index (χ4n) is 3.33. The fraction of sp³-hybridized carbons (Fsp3) is 0.389. The molecule has 1 heterocycles. The maximum Gasteiger partial charge on any atom is 0.328 e. The monoisotopic (exact) mass is 343 g/mol. The summed E-state index contributed by atoms with van der Waals surface area (Å²) in [4.78, 5) is 37.9. The summed E-state index contributed by atoms with van der Waals surface area (Å²) in [6.45, 7) is 0. The first kappa shape index (κ1) is 17.0. The van der Waals surface area contributed by atoms with E-state index < -0.39 is 22.9 Å². The molecular formula is C18H21N3O4. The summed E-state index contributed by atoms with van der Waals surface area (Å²) in [6, 6.07) is 10.2. The van der Waals surface area contributed by atoms with E-state index in [1.807, 2.05) is 18.2 Å². The number of aromatic nitrogens is 2. The maximum atomic E-state index is 12.3. The molecule has 132 valence electrons. The third-order valence-corrected chi connectivity index (χ3v) is 4.84. The van der Waals surface area contributed by atoms with Gasteiger partial charge in [0, 0.05) is 13.1 Å². The molecule has 1 aromatic heterocycles. The number of benzene rings is 1. The van der Waals surface area contributed by atoms with Crippen LogP contribution >= 0.6 is 0 Å². The van der Waals surface area contributed by atoms with Gasteiger partial charge in [-0.15, -0.1) is 0 Å². The van der Waals surface area contributed by atoms with Crippen LogP contribution in [-0.2, 0) is 7.05 Å². The second-order valence-corrected chi connectivity index (χ2v) is 6.45. The molecule has 7 heteroatoms. The lowest BCUT2D eigenvalue weighted by atomic mass is 9.82. The second-order valence-electron chi connectivity index (χ2n) is 6.45. The number of rotatable bonds is 3. The Morgan fingerprint density at radius 3 is 2.44 bits per heavy atom. The topological polar surface area (TPSA) is 104 Å². The molecule has 3 N–H and O–H groups in total. The maximum absolute atomic E-state index is 12.3. The second kappa shape index (κ2) is 6.96. The first-order valence-corrected chi connectivity index (χ1v) is 8.35. The van der Waals surface area contributed by atoms with Gasteiger partial charge in [0.1, 0.15) is 0 Å². The highest BCUT2D eigenvalue weighted by molar-refractivity contribution is 5.94. The van der Waals surface area contributed by atoms with Crippen LogP contribution in [0.25, 0.3) is 0 Å². The van der Waals surface area contributed by atoms with Crippen molar-refractivity contribution in [3.05, 3.63) is 62.4 Å². The summed E-state index contributed by atoms with van der Waals surface area (Å²) >= 11 is 0. The normalized spacial score (nSPS) is 20.2. The quantitative estimate of drug-likeness (QED) is 0.780. The van der Waals surface area contributed by atoms with Gasteiger partial charge in [-0.3, -0.25) is 19.1 Å². The lowest BCUT2D eigenvalue weighted by Crippen LogP contribution is -2.41. The van der Waals surface area contributed by atoms with Crippen molar-refractivity contribution in [1.82, 2.24) is 14.9 Å². The summed E-state index contributed by atoms with van der Waals surface area (Å²) in [5, 5.41) is 12.6. The molecule has 0 atom stereocenters. The summed E-state index contributed by atoms with van der Waals surface area (Å²) in [5.74, 6) is -0.889. The van der Waals surface area contributed by atoms with E-state index in [1.54, 1.807) is 0 Å². The average molecular weight is 343 g/mol. The molecule has 1 fully saturated rings. The lowest BCUT2D eigenvalue weighted by Gasteiger charge is -2.29. The molecule has 0 unspecified atom stereocenters. The first-order valence-electron chi connectivity index (χ1n) is 8.35. The molecule has 0 radical (unpaired) electrons. The Kier molecular flexibility index (Phi) is 4.74. The molecule has 0 saturated heterocycles. The predicted molar refractivity (Wildman–Crippen MR) is 92.9 cm³/mol. The van der Waals surface area contributed by atoms with Gasteiger partial charge in [-0.25, -0.2) is 4.79 Å². The zero-order chi connectivity index (χ0) is 18.0. The smallest absolute Gasteiger partial charge is 0.328 e. The minimum atomic E-state index is -0.887. The molecule has 1 aliphatic carbocycles. The van der Waals surface area contributed by atoms with Crippen LogP contribution in [0.4, 0.5) is 0 Å². The number of aromatic hydroxyl groups is 1. The SMILES string of the molecule is Cn1c(=O)[nH]c(C(=O)N[C@H]2CC[C@@H](c3ccccc3)CC2)c(O)c1=O. The molecule has 25 heavy (non-hydrogen) atoms. The van der Waals surface area contributed by atoms with Gasteiger partial charge in [-0.05, 0) is 37.2 Å². The number of hydrogen-bond acceptors (Lipinski definition) is 4. The van der Waals surface area contributed by atoms with Gasteiger partial charge in [0.2, 0.25) is 5.75 Å². The number of nitrogens with one attached hydrogen (secondary N) is 2. The van der Waals surface area contributed by atoms with Gasteiger partial charge in [-0.2, -0.15) is 0 Å². The van der Waals surface area contributed by atoms with Crippen molar-refractivity contribution >= 4 is 5.91 Å². The number of hydrogen-bond donors (Lipinski definition) is 3. The van der Waals surface area contributed by atoms with Crippen molar-refractivity contribution in [3.63, 3.8) is 0 Å². The fourth-order valence-corrected chi connectivity index (χ4v) is 3.33. The molecule has 3 rings (SSSR count). The Morgan fingerprint density at radius 1 is 1.16 bits per heavy atom. The Labute approximate surface area is 144 Å². The molecule has 0 spiro atoms. The highest BCUT2D eigenvalue weighted by atomic mass is 16.3. The number of carbonyl (C=O) groups excluding carboxylic acids is 1. The molecule has 0 aliphatic heterocycles. The van der Waals surface area contributed by atoms with E-state index in [0.29, 0.717) is 5.92 Å².